The quantitative estimate of drug-likeness (QED) is 0.531. The van der Waals surface area contributed by atoms with E-state index in [1.54, 1.807) is 0 Å². The molecule has 0 saturated carbocycles. The summed E-state index contributed by atoms with van der Waals surface area (Å²) in [7, 11) is 1.44. The molecule has 0 N–H and O–H groups in total. The maximum atomic E-state index is 11.0. The summed E-state index contributed by atoms with van der Waals surface area (Å²) in [5, 5.41) is 0.957. The second-order valence-corrected chi connectivity index (χ2v) is 5.31. The van der Waals surface area contributed by atoms with E-state index in [1.807, 2.05) is 11.8 Å². The van der Waals surface area contributed by atoms with Crippen molar-refractivity contribution in [1.82, 2.24) is 0 Å². The molecule has 1 rings (SSSR count). The standard InChI is InChI=1S/C11H18O2S/c1-9(8-11(12)13-2)14-10-6-4-3-5-7-10/h4,6,9-10H,3,5,7-8H2,1-2H3. The topological polar surface area (TPSA) is 26.3 Å². The summed E-state index contributed by atoms with van der Waals surface area (Å²) in [6.45, 7) is 2.09. The minimum Gasteiger partial charge on any atom is -0.469 e. The summed E-state index contributed by atoms with van der Waals surface area (Å²) in [4.78, 5) is 11.0. The largest absolute Gasteiger partial charge is 0.469 e. The van der Waals surface area contributed by atoms with Gasteiger partial charge < -0.3 is 4.74 Å². The molecule has 80 valence electrons. The monoisotopic (exact) mass is 214 g/mol. The summed E-state index contributed by atoms with van der Waals surface area (Å²) in [5.74, 6) is -0.107. The van der Waals surface area contributed by atoms with Crippen molar-refractivity contribution in [3.63, 3.8) is 0 Å². The molecule has 1 aliphatic carbocycles. The fourth-order valence-electron chi connectivity index (χ4n) is 1.56. The van der Waals surface area contributed by atoms with Crippen molar-refractivity contribution in [2.45, 2.75) is 43.1 Å². The van der Waals surface area contributed by atoms with Crippen molar-refractivity contribution in [2.75, 3.05) is 7.11 Å². The zero-order valence-corrected chi connectivity index (χ0v) is 9.68. The fraction of sp³-hybridized carbons (Fsp3) is 0.727. The SMILES string of the molecule is COC(=O)CC(C)SC1C=CCCC1. The number of ether oxygens (including phenoxy) is 1. The van der Waals surface area contributed by atoms with Gasteiger partial charge in [-0.2, -0.15) is 11.8 Å². The number of methoxy groups -OCH3 is 1. The molecule has 0 aliphatic heterocycles. The van der Waals surface area contributed by atoms with Gasteiger partial charge >= 0.3 is 5.97 Å². The van der Waals surface area contributed by atoms with Crippen molar-refractivity contribution >= 4 is 17.7 Å². The molecule has 14 heavy (non-hydrogen) atoms. The summed E-state index contributed by atoms with van der Waals surface area (Å²) in [6.07, 6.45) is 8.76. The van der Waals surface area contributed by atoms with Crippen LogP contribution < -0.4 is 0 Å². The van der Waals surface area contributed by atoms with Crippen LogP contribution >= 0.6 is 11.8 Å². The van der Waals surface area contributed by atoms with Crippen LogP contribution in [0.15, 0.2) is 12.2 Å². The van der Waals surface area contributed by atoms with Gasteiger partial charge in [0.2, 0.25) is 0 Å². The fourth-order valence-corrected chi connectivity index (χ4v) is 2.89. The number of hydrogen-bond acceptors (Lipinski definition) is 3. The zero-order chi connectivity index (χ0) is 10.4. The van der Waals surface area contributed by atoms with Crippen molar-refractivity contribution in [2.24, 2.45) is 0 Å². The molecule has 0 saturated heterocycles. The van der Waals surface area contributed by atoms with Gasteiger partial charge in [0.15, 0.2) is 0 Å². The van der Waals surface area contributed by atoms with E-state index < -0.39 is 0 Å². The van der Waals surface area contributed by atoms with E-state index in [0.717, 1.165) is 0 Å². The lowest BCUT2D eigenvalue weighted by Crippen LogP contribution is -2.13. The van der Waals surface area contributed by atoms with E-state index in [0.29, 0.717) is 16.9 Å². The van der Waals surface area contributed by atoms with Gasteiger partial charge in [0.1, 0.15) is 0 Å². The van der Waals surface area contributed by atoms with E-state index in [4.69, 9.17) is 0 Å². The number of rotatable bonds is 4. The smallest absolute Gasteiger partial charge is 0.306 e. The second-order valence-electron chi connectivity index (χ2n) is 3.62. The number of carbonyl (C=O) groups excluding carboxylic acids is 1. The maximum Gasteiger partial charge on any atom is 0.306 e. The Morgan fingerprint density at radius 3 is 3.07 bits per heavy atom. The van der Waals surface area contributed by atoms with E-state index >= 15 is 0 Å². The highest BCUT2D eigenvalue weighted by Crippen LogP contribution is 2.28. The third kappa shape index (κ3) is 4.18. The average Bonchev–Trinajstić information content (AvgIpc) is 2.19. The van der Waals surface area contributed by atoms with Crippen LogP contribution in [-0.2, 0) is 9.53 Å². The van der Waals surface area contributed by atoms with Gasteiger partial charge in [-0.25, -0.2) is 0 Å². The molecule has 3 heteroatoms. The van der Waals surface area contributed by atoms with Crippen molar-refractivity contribution in [3.8, 4) is 0 Å². The number of carbonyl (C=O) groups is 1. The molecule has 1 aliphatic rings. The molecule has 0 amide bonds. The molecular formula is C11H18O2S. The van der Waals surface area contributed by atoms with Crippen molar-refractivity contribution < 1.29 is 9.53 Å². The van der Waals surface area contributed by atoms with Crippen LogP contribution in [0.4, 0.5) is 0 Å². The van der Waals surface area contributed by atoms with Gasteiger partial charge in [0.25, 0.3) is 0 Å². The van der Waals surface area contributed by atoms with Gasteiger partial charge in [0, 0.05) is 10.5 Å². The van der Waals surface area contributed by atoms with Crippen LogP contribution in [0.2, 0.25) is 0 Å². The normalized spacial score (nSPS) is 23.1. The van der Waals surface area contributed by atoms with Crippen LogP contribution in [0.3, 0.4) is 0 Å². The molecule has 0 heterocycles. The van der Waals surface area contributed by atoms with Gasteiger partial charge in [-0.3, -0.25) is 4.79 Å². The maximum absolute atomic E-state index is 11.0. The molecule has 0 bridgehead atoms. The van der Waals surface area contributed by atoms with Gasteiger partial charge in [-0.15, -0.1) is 0 Å². The first-order valence-corrected chi connectivity index (χ1v) is 6.05. The Kier molecular flexibility index (Phi) is 5.09. The number of allylic oxidation sites excluding steroid dienone is 1. The molecule has 2 atom stereocenters. The molecule has 2 nitrogen and oxygen atoms in total. The molecule has 2 unspecified atom stereocenters. The third-order valence-corrected chi connectivity index (χ3v) is 3.67. The number of thioether (sulfide) groups is 1. The highest BCUT2D eigenvalue weighted by Gasteiger charge is 2.15. The number of esters is 1. The van der Waals surface area contributed by atoms with Crippen LogP contribution in [0, 0.1) is 0 Å². The molecular weight excluding hydrogens is 196 g/mol. The Morgan fingerprint density at radius 2 is 2.50 bits per heavy atom. The molecule has 0 spiro atoms. The highest BCUT2D eigenvalue weighted by molar-refractivity contribution is 8.00. The molecule has 0 fully saturated rings. The summed E-state index contributed by atoms with van der Waals surface area (Å²) in [6, 6.07) is 0. The van der Waals surface area contributed by atoms with Crippen LogP contribution in [0.1, 0.15) is 32.6 Å². The second kappa shape index (κ2) is 6.12. The molecule has 0 aromatic heterocycles. The molecule has 0 radical (unpaired) electrons. The predicted octanol–water partition coefficient (Wildman–Crippen LogP) is 2.78. The Balaban J connectivity index is 2.25. The minimum absolute atomic E-state index is 0.107. The summed E-state index contributed by atoms with van der Waals surface area (Å²) in [5.41, 5.74) is 0. The third-order valence-electron chi connectivity index (χ3n) is 2.30. The molecule has 0 aromatic carbocycles. The Morgan fingerprint density at radius 1 is 1.71 bits per heavy atom. The van der Waals surface area contributed by atoms with Crippen LogP contribution in [0.5, 0.6) is 0 Å². The lowest BCUT2D eigenvalue weighted by Gasteiger charge is -2.19. The average molecular weight is 214 g/mol. The van der Waals surface area contributed by atoms with Gasteiger partial charge in [-0.1, -0.05) is 19.1 Å². The van der Waals surface area contributed by atoms with Crippen molar-refractivity contribution in [1.29, 1.82) is 0 Å². The van der Waals surface area contributed by atoms with Gasteiger partial charge in [0.05, 0.1) is 13.5 Å². The Bertz CT molecular complexity index is 213. The van der Waals surface area contributed by atoms with Crippen LogP contribution in [-0.4, -0.2) is 23.6 Å². The lowest BCUT2D eigenvalue weighted by atomic mass is 10.1. The number of hydrogen-bond donors (Lipinski definition) is 0. The first-order chi connectivity index (χ1) is 6.72. The summed E-state index contributed by atoms with van der Waals surface area (Å²) >= 11 is 1.88. The van der Waals surface area contributed by atoms with E-state index in [1.165, 1.54) is 26.4 Å². The zero-order valence-electron chi connectivity index (χ0n) is 8.86. The Labute approximate surface area is 90.1 Å². The van der Waals surface area contributed by atoms with E-state index in [2.05, 4.69) is 23.8 Å². The predicted molar refractivity (Wildman–Crippen MR) is 60.5 cm³/mol. The van der Waals surface area contributed by atoms with Gasteiger partial charge in [-0.05, 0) is 19.3 Å². The van der Waals surface area contributed by atoms with E-state index in [9.17, 15) is 4.79 Å². The Hall–Kier alpha value is -0.440. The summed E-state index contributed by atoms with van der Waals surface area (Å²) < 4.78 is 4.64. The first-order valence-electron chi connectivity index (χ1n) is 5.11. The van der Waals surface area contributed by atoms with Crippen molar-refractivity contribution in [3.05, 3.63) is 12.2 Å². The highest BCUT2D eigenvalue weighted by atomic mass is 32.2. The minimum atomic E-state index is -0.107. The molecule has 0 aromatic rings. The van der Waals surface area contributed by atoms with Crippen LogP contribution in [0.25, 0.3) is 0 Å². The lowest BCUT2D eigenvalue weighted by molar-refractivity contribution is -0.140. The first kappa shape index (κ1) is 11.6. The van der Waals surface area contributed by atoms with E-state index in [-0.39, 0.29) is 5.97 Å².